The fourth-order valence-electron chi connectivity index (χ4n) is 3.08. The molecule has 4 nitrogen and oxygen atoms in total. The zero-order chi connectivity index (χ0) is 19.5. The van der Waals surface area contributed by atoms with Crippen molar-refractivity contribution >= 4 is 11.9 Å². The lowest BCUT2D eigenvalue weighted by atomic mass is 10.0. The Labute approximate surface area is 160 Å². The first kappa shape index (κ1) is 24.7. The first-order chi connectivity index (χ1) is 12.6. The van der Waals surface area contributed by atoms with E-state index in [2.05, 4.69) is 6.92 Å². The zero-order valence-corrected chi connectivity index (χ0v) is 17.2. The maximum Gasteiger partial charge on any atom is 0.343 e. The Balaban J connectivity index is 3.48. The van der Waals surface area contributed by atoms with Crippen molar-refractivity contribution in [2.45, 2.75) is 110 Å². The van der Waals surface area contributed by atoms with Crippen molar-refractivity contribution in [3.8, 4) is 0 Å². The first-order valence-electron chi connectivity index (χ1n) is 10.8. The molecule has 4 heteroatoms. The molecule has 0 aliphatic carbocycles. The van der Waals surface area contributed by atoms with Gasteiger partial charge in [0.2, 0.25) is 0 Å². The number of ether oxygens (including phenoxy) is 1. The van der Waals surface area contributed by atoms with Crippen LogP contribution in [0, 0.1) is 0 Å². The van der Waals surface area contributed by atoms with Gasteiger partial charge in [0.1, 0.15) is 5.57 Å². The molecule has 0 radical (unpaired) electrons. The predicted molar refractivity (Wildman–Crippen MR) is 109 cm³/mol. The Morgan fingerprint density at radius 1 is 0.731 bits per heavy atom. The summed E-state index contributed by atoms with van der Waals surface area (Å²) in [6, 6.07) is 0. The molecule has 0 spiro atoms. The Morgan fingerprint density at radius 2 is 1.15 bits per heavy atom. The Hall–Kier alpha value is -1.32. The van der Waals surface area contributed by atoms with Gasteiger partial charge in [-0.15, -0.1) is 0 Å². The van der Waals surface area contributed by atoms with Crippen LogP contribution in [0.1, 0.15) is 110 Å². The second-order valence-corrected chi connectivity index (χ2v) is 7.09. The summed E-state index contributed by atoms with van der Waals surface area (Å²) in [6.45, 7) is 4.23. The Kier molecular flexibility index (Phi) is 17.5. The smallest absolute Gasteiger partial charge is 0.343 e. The maximum absolute atomic E-state index is 11.6. The minimum Gasteiger partial charge on any atom is -0.462 e. The SMILES string of the molecule is CCCCCCCCCCCCCCCCC=C(C(N)=O)C(=O)OCC. The highest BCUT2D eigenvalue weighted by Crippen LogP contribution is 2.13. The van der Waals surface area contributed by atoms with E-state index >= 15 is 0 Å². The van der Waals surface area contributed by atoms with Crippen molar-refractivity contribution in [3.05, 3.63) is 11.6 Å². The maximum atomic E-state index is 11.6. The summed E-state index contributed by atoms with van der Waals surface area (Å²) < 4.78 is 4.83. The van der Waals surface area contributed by atoms with Gasteiger partial charge >= 0.3 is 5.97 Å². The van der Waals surface area contributed by atoms with E-state index in [0.717, 1.165) is 12.8 Å². The summed E-state index contributed by atoms with van der Waals surface area (Å²) in [6.07, 6.45) is 20.7. The van der Waals surface area contributed by atoms with E-state index < -0.39 is 11.9 Å². The molecule has 152 valence electrons. The number of hydrogen-bond donors (Lipinski definition) is 1. The Bertz CT molecular complexity index is 391. The third-order valence-corrected chi connectivity index (χ3v) is 4.67. The van der Waals surface area contributed by atoms with Crippen LogP contribution in [-0.4, -0.2) is 18.5 Å². The summed E-state index contributed by atoms with van der Waals surface area (Å²) in [7, 11) is 0. The molecule has 0 aromatic rings. The molecular formula is C22H41NO3. The van der Waals surface area contributed by atoms with Crippen molar-refractivity contribution < 1.29 is 14.3 Å². The predicted octanol–water partition coefficient (Wildman–Crippen LogP) is 5.83. The number of carbonyl (C=O) groups is 2. The molecule has 0 unspecified atom stereocenters. The van der Waals surface area contributed by atoms with Crippen LogP contribution in [0.2, 0.25) is 0 Å². The number of amides is 1. The van der Waals surface area contributed by atoms with E-state index in [0.29, 0.717) is 6.42 Å². The van der Waals surface area contributed by atoms with Gasteiger partial charge in [0.25, 0.3) is 5.91 Å². The summed E-state index contributed by atoms with van der Waals surface area (Å²) >= 11 is 0. The van der Waals surface area contributed by atoms with Crippen LogP contribution in [0.25, 0.3) is 0 Å². The quantitative estimate of drug-likeness (QED) is 0.109. The van der Waals surface area contributed by atoms with Crippen molar-refractivity contribution in [3.63, 3.8) is 0 Å². The van der Waals surface area contributed by atoms with Crippen molar-refractivity contribution in [1.29, 1.82) is 0 Å². The van der Waals surface area contributed by atoms with Gasteiger partial charge in [0.15, 0.2) is 0 Å². The van der Waals surface area contributed by atoms with E-state index in [4.69, 9.17) is 10.5 Å². The highest BCUT2D eigenvalue weighted by Gasteiger charge is 2.15. The van der Waals surface area contributed by atoms with E-state index in [1.165, 1.54) is 77.0 Å². The van der Waals surface area contributed by atoms with Gasteiger partial charge in [-0.3, -0.25) is 4.79 Å². The fourth-order valence-corrected chi connectivity index (χ4v) is 3.08. The highest BCUT2D eigenvalue weighted by molar-refractivity contribution is 6.15. The molecule has 0 aliphatic rings. The largest absolute Gasteiger partial charge is 0.462 e. The summed E-state index contributed by atoms with van der Waals surface area (Å²) in [5, 5.41) is 0. The molecule has 0 heterocycles. The number of primary amides is 1. The number of rotatable bonds is 18. The van der Waals surface area contributed by atoms with Crippen LogP contribution in [0.5, 0.6) is 0 Å². The third kappa shape index (κ3) is 15.0. The van der Waals surface area contributed by atoms with Crippen molar-refractivity contribution in [1.82, 2.24) is 0 Å². The molecule has 0 bridgehead atoms. The molecule has 0 aromatic carbocycles. The zero-order valence-electron chi connectivity index (χ0n) is 17.2. The monoisotopic (exact) mass is 367 g/mol. The average Bonchev–Trinajstić information content (AvgIpc) is 2.61. The van der Waals surface area contributed by atoms with Crippen molar-refractivity contribution in [2.24, 2.45) is 5.73 Å². The minimum atomic E-state index is -0.700. The van der Waals surface area contributed by atoms with Gasteiger partial charge in [-0.25, -0.2) is 4.79 Å². The number of esters is 1. The van der Waals surface area contributed by atoms with Gasteiger partial charge in [-0.2, -0.15) is 0 Å². The van der Waals surface area contributed by atoms with Crippen LogP contribution in [0.3, 0.4) is 0 Å². The molecule has 2 N–H and O–H groups in total. The van der Waals surface area contributed by atoms with Gasteiger partial charge in [0, 0.05) is 0 Å². The summed E-state index contributed by atoms with van der Waals surface area (Å²) in [4.78, 5) is 22.8. The molecule has 0 saturated carbocycles. The number of unbranched alkanes of at least 4 members (excludes halogenated alkanes) is 14. The number of nitrogens with two attached hydrogens (primary N) is 1. The number of hydrogen-bond acceptors (Lipinski definition) is 3. The molecule has 0 atom stereocenters. The first-order valence-corrected chi connectivity index (χ1v) is 10.8. The van der Waals surface area contributed by atoms with Gasteiger partial charge in [-0.05, 0) is 19.8 Å². The molecule has 0 aliphatic heterocycles. The molecule has 0 rings (SSSR count). The standard InChI is InChI=1S/C22H41NO3/c1-3-5-6-7-8-9-10-11-12-13-14-15-16-17-18-19-20(21(23)24)22(25)26-4-2/h19H,3-18H2,1-2H3,(H2,23,24). The van der Waals surface area contributed by atoms with E-state index in [9.17, 15) is 9.59 Å². The normalized spacial score (nSPS) is 11.5. The Morgan fingerprint density at radius 3 is 1.54 bits per heavy atom. The number of carbonyl (C=O) groups excluding carboxylic acids is 2. The van der Waals surface area contributed by atoms with Gasteiger partial charge < -0.3 is 10.5 Å². The summed E-state index contributed by atoms with van der Waals surface area (Å²) in [5.41, 5.74) is 5.21. The van der Waals surface area contributed by atoms with Crippen LogP contribution in [0.15, 0.2) is 11.6 Å². The topological polar surface area (TPSA) is 69.4 Å². The molecular weight excluding hydrogens is 326 g/mol. The van der Waals surface area contributed by atoms with Gasteiger partial charge in [0.05, 0.1) is 6.61 Å². The van der Waals surface area contributed by atoms with E-state index in [-0.39, 0.29) is 12.2 Å². The second kappa shape index (κ2) is 18.5. The number of allylic oxidation sites excluding steroid dienone is 1. The van der Waals surface area contributed by atoms with Crippen LogP contribution >= 0.6 is 0 Å². The van der Waals surface area contributed by atoms with E-state index in [1.54, 1.807) is 13.0 Å². The van der Waals surface area contributed by atoms with Crippen molar-refractivity contribution in [2.75, 3.05) is 6.61 Å². The molecule has 0 aromatic heterocycles. The fraction of sp³-hybridized carbons (Fsp3) is 0.818. The average molecular weight is 368 g/mol. The van der Waals surface area contributed by atoms with E-state index in [1.807, 2.05) is 0 Å². The molecule has 0 saturated heterocycles. The molecule has 26 heavy (non-hydrogen) atoms. The van der Waals surface area contributed by atoms with Crippen LogP contribution in [-0.2, 0) is 14.3 Å². The summed E-state index contributed by atoms with van der Waals surface area (Å²) in [5.74, 6) is -1.31. The molecule has 0 fully saturated rings. The lowest BCUT2D eigenvalue weighted by Crippen LogP contribution is -2.22. The minimum absolute atomic E-state index is 0.0125. The molecule has 1 amide bonds. The highest BCUT2D eigenvalue weighted by atomic mass is 16.5. The third-order valence-electron chi connectivity index (χ3n) is 4.67. The second-order valence-electron chi connectivity index (χ2n) is 7.09. The lowest BCUT2D eigenvalue weighted by Gasteiger charge is -2.04. The van der Waals surface area contributed by atoms with Crippen LogP contribution < -0.4 is 5.73 Å². The van der Waals surface area contributed by atoms with Gasteiger partial charge in [-0.1, -0.05) is 96.5 Å². The van der Waals surface area contributed by atoms with Crippen LogP contribution in [0.4, 0.5) is 0 Å². The lowest BCUT2D eigenvalue weighted by molar-refractivity contribution is -0.139.